The predicted octanol–water partition coefficient (Wildman–Crippen LogP) is 3.16. The van der Waals surface area contributed by atoms with Crippen LogP contribution in [0.25, 0.3) is 0 Å². The molecule has 1 heterocycles. The van der Waals surface area contributed by atoms with E-state index in [1.165, 1.54) is 29.1 Å². The van der Waals surface area contributed by atoms with Crippen LogP contribution in [0.15, 0.2) is 30.3 Å². The fourth-order valence-corrected chi connectivity index (χ4v) is 2.01. The summed E-state index contributed by atoms with van der Waals surface area (Å²) < 4.78 is 2.15. The molecular formula is C14H17N3O2. The van der Waals surface area contributed by atoms with Crippen LogP contribution in [0, 0.1) is 24.0 Å². The topological polar surface area (TPSA) is 60.1 Å². The lowest BCUT2D eigenvalue weighted by atomic mass is 10.2. The number of hydrogen-bond acceptors (Lipinski definition) is 3. The maximum Gasteiger partial charge on any atom is 0.269 e. The molecule has 0 aliphatic rings. The van der Waals surface area contributed by atoms with Crippen molar-refractivity contribution < 1.29 is 4.92 Å². The SMILES string of the molecule is Cc1cc(CNc2ccc([N+](=O)[O-])cc2)c(C)n1C. The maximum atomic E-state index is 10.6. The van der Waals surface area contributed by atoms with Crippen molar-refractivity contribution in [3.05, 3.63) is 57.4 Å². The summed E-state index contributed by atoms with van der Waals surface area (Å²) in [7, 11) is 2.04. The first-order valence-corrected chi connectivity index (χ1v) is 6.09. The molecule has 0 saturated carbocycles. The summed E-state index contributed by atoms with van der Waals surface area (Å²) in [6.07, 6.45) is 0. The molecule has 5 nitrogen and oxygen atoms in total. The Morgan fingerprint density at radius 1 is 1.26 bits per heavy atom. The summed E-state index contributed by atoms with van der Waals surface area (Å²) >= 11 is 0. The van der Waals surface area contributed by atoms with Gasteiger partial charge in [-0.05, 0) is 37.6 Å². The first kappa shape index (κ1) is 13.1. The van der Waals surface area contributed by atoms with Gasteiger partial charge in [-0.2, -0.15) is 0 Å². The van der Waals surface area contributed by atoms with Crippen molar-refractivity contribution in [3.8, 4) is 0 Å². The Balaban J connectivity index is 2.06. The van der Waals surface area contributed by atoms with Crippen LogP contribution in [0.5, 0.6) is 0 Å². The molecule has 1 N–H and O–H groups in total. The zero-order valence-electron chi connectivity index (χ0n) is 11.3. The van der Waals surface area contributed by atoms with Gasteiger partial charge in [0.05, 0.1) is 4.92 Å². The highest BCUT2D eigenvalue weighted by molar-refractivity contribution is 5.49. The Morgan fingerprint density at radius 3 is 2.37 bits per heavy atom. The first-order valence-electron chi connectivity index (χ1n) is 6.09. The largest absolute Gasteiger partial charge is 0.381 e. The predicted molar refractivity (Wildman–Crippen MR) is 75.3 cm³/mol. The fraction of sp³-hybridized carbons (Fsp3) is 0.286. The number of nitrogens with zero attached hydrogens (tertiary/aromatic N) is 2. The lowest BCUT2D eigenvalue weighted by Gasteiger charge is -2.06. The summed E-state index contributed by atoms with van der Waals surface area (Å²) in [5.74, 6) is 0. The molecule has 0 saturated heterocycles. The van der Waals surface area contributed by atoms with Crippen molar-refractivity contribution in [3.63, 3.8) is 0 Å². The summed E-state index contributed by atoms with van der Waals surface area (Å²) in [5, 5.41) is 13.8. The molecule has 5 heteroatoms. The van der Waals surface area contributed by atoms with Gasteiger partial charge in [0.2, 0.25) is 0 Å². The van der Waals surface area contributed by atoms with Gasteiger partial charge in [0.1, 0.15) is 0 Å². The number of rotatable bonds is 4. The monoisotopic (exact) mass is 259 g/mol. The molecule has 0 aliphatic heterocycles. The average Bonchev–Trinajstić information content (AvgIpc) is 2.64. The highest BCUT2D eigenvalue weighted by atomic mass is 16.6. The molecule has 0 amide bonds. The molecule has 100 valence electrons. The van der Waals surface area contributed by atoms with Crippen molar-refractivity contribution in [2.24, 2.45) is 7.05 Å². The van der Waals surface area contributed by atoms with Gasteiger partial charge in [-0.3, -0.25) is 10.1 Å². The Hall–Kier alpha value is -2.30. The summed E-state index contributed by atoms with van der Waals surface area (Å²) in [5.41, 5.74) is 4.67. The van der Waals surface area contributed by atoms with Crippen LogP contribution in [0.2, 0.25) is 0 Å². The highest BCUT2D eigenvalue weighted by Crippen LogP contribution is 2.18. The van der Waals surface area contributed by atoms with Gasteiger partial charge in [0, 0.05) is 42.8 Å². The maximum absolute atomic E-state index is 10.6. The van der Waals surface area contributed by atoms with Gasteiger partial charge in [-0.25, -0.2) is 0 Å². The summed E-state index contributed by atoms with van der Waals surface area (Å²) in [6.45, 7) is 4.87. The molecule has 0 bridgehead atoms. The van der Waals surface area contributed by atoms with E-state index in [-0.39, 0.29) is 5.69 Å². The molecule has 0 aliphatic carbocycles. The third-order valence-electron chi connectivity index (χ3n) is 3.44. The molecular weight excluding hydrogens is 242 g/mol. The molecule has 0 fully saturated rings. The summed E-state index contributed by atoms with van der Waals surface area (Å²) in [4.78, 5) is 10.2. The Labute approximate surface area is 112 Å². The number of hydrogen-bond donors (Lipinski definition) is 1. The van der Waals surface area contributed by atoms with Crippen LogP contribution in [0.3, 0.4) is 0 Å². The van der Waals surface area contributed by atoms with Crippen LogP contribution in [-0.2, 0) is 13.6 Å². The molecule has 0 radical (unpaired) electrons. The van der Waals surface area contributed by atoms with E-state index >= 15 is 0 Å². The number of aromatic nitrogens is 1. The van der Waals surface area contributed by atoms with Gasteiger partial charge in [-0.1, -0.05) is 0 Å². The van der Waals surface area contributed by atoms with Gasteiger partial charge >= 0.3 is 0 Å². The van der Waals surface area contributed by atoms with Crippen molar-refractivity contribution in [1.82, 2.24) is 4.57 Å². The third kappa shape index (κ3) is 2.76. The van der Waals surface area contributed by atoms with Crippen LogP contribution >= 0.6 is 0 Å². The van der Waals surface area contributed by atoms with Gasteiger partial charge in [0.15, 0.2) is 0 Å². The van der Waals surface area contributed by atoms with Crippen LogP contribution in [0.1, 0.15) is 17.0 Å². The first-order chi connectivity index (χ1) is 8.99. The number of anilines is 1. The molecule has 0 unspecified atom stereocenters. The molecule has 0 atom stereocenters. The normalized spacial score (nSPS) is 10.5. The molecule has 2 aromatic rings. The molecule has 19 heavy (non-hydrogen) atoms. The number of nitrogens with one attached hydrogen (secondary N) is 1. The zero-order chi connectivity index (χ0) is 14.0. The Morgan fingerprint density at radius 2 is 1.89 bits per heavy atom. The van der Waals surface area contributed by atoms with Crippen molar-refractivity contribution in [1.29, 1.82) is 0 Å². The van der Waals surface area contributed by atoms with Crippen LogP contribution in [-0.4, -0.2) is 9.49 Å². The highest BCUT2D eigenvalue weighted by Gasteiger charge is 2.07. The van der Waals surface area contributed by atoms with Gasteiger partial charge in [-0.15, -0.1) is 0 Å². The minimum Gasteiger partial charge on any atom is -0.381 e. The minimum absolute atomic E-state index is 0.109. The van der Waals surface area contributed by atoms with Gasteiger partial charge < -0.3 is 9.88 Å². The second-order valence-corrected chi connectivity index (χ2v) is 4.61. The Kier molecular flexibility index (Phi) is 3.55. The number of aryl methyl sites for hydroxylation is 1. The molecule has 1 aromatic heterocycles. The standard InChI is InChI=1S/C14H17N3O2/c1-10-8-12(11(2)16(10)3)9-15-13-4-6-14(7-5-13)17(18)19/h4-8,15H,9H2,1-3H3. The van der Waals surface area contributed by atoms with E-state index in [0.717, 1.165) is 5.69 Å². The van der Waals surface area contributed by atoms with Gasteiger partial charge in [0.25, 0.3) is 5.69 Å². The van der Waals surface area contributed by atoms with E-state index in [4.69, 9.17) is 0 Å². The lowest BCUT2D eigenvalue weighted by Crippen LogP contribution is -2.01. The smallest absolute Gasteiger partial charge is 0.269 e. The minimum atomic E-state index is -0.394. The van der Waals surface area contributed by atoms with E-state index < -0.39 is 4.92 Å². The average molecular weight is 259 g/mol. The van der Waals surface area contributed by atoms with Crippen LogP contribution in [0.4, 0.5) is 11.4 Å². The lowest BCUT2D eigenvalue weighted by molar-refractivity contribution is -0.384. The number of non-ortho nitro benzene ring substituents is 1. The van der Waals surface area contributed by atoms with E-state index in [9.17, 15) is 10.1 Å². The van der Waals surface area contributed by atoms with Crippen molar-refractivity contribution in [2.45, 2.75) is 20.4 Å². The third-order valence-corrected chi connectivity index (χ3v) is 3.44. The van der Waals surface area contributed by atoms with Crippen molar-refractivity contribution in [2.75, 3.05) is 5.32 Å². The quantitative estimate of drug-likeness (QED) is 0.677. The number of benzene rings is 1. The van der Waals surface area contributed by atoms with E-state index in [2.05, 4.69) is 29.8 Å². The zero-order valence-corrected chi connectivity index (χ0v) is 11.3. The number of nitro benzene ring substituents is 1. The molecule has 2 rings (SSSR count). The second kappa shape index (κ2) is 5.14. The fourth-order valence-electron chi connectivity index (χ4n) is 2.01. The van der Waals surface area contributed by atoms with Crippen LogP contribution < -0.4 is 5.32 Å². The summed E-state index contributed by atoms with van der Waals surface area (Å²) in [6, 6.07) is 8.61. The second-order valence-electron chi connectivity index (χ2n) is 4.61. The number of nitro groups is 1. The van der Waals surface area contributed by atoms with E-state index in [1.807, 2.05) is 7.05 Å². The molecule has 1 aromatic carbocycles. The van der Waals surface area contributed by atoms with Crippen molar-refractivity contribution >= 4 is 11.4 Å². The Bertz CT molecular complexity index is 600. The molecule has 0 spiro atoms. The van der Waals surface area contributed by atoms with E-state index in [1.54, 1.807) is 12.1 Å². The van der Waals surface area contributed by atoms with E-state index in [0.29, 0.717) is 6.54 Å².